The summed E-state index contributed by atoms with van der Waals surface area (Å²) in [5.74, 6) is 0.966. The summed E-state index contributed by atoms with van der Waals surface area (Å²) >= 11 is 0. The first-order valence-corrected chi connectivity index (χ1v) is 7.40. The molecule has 3 aromatic rings. The topological polar surface area (TPSA) is 77.4 Å². The zero-order chi connectivity index (χ0) is 17.1. The van der Waals surface area contributed by atoms with Crippen LogP contribution in [-0.2, 0) is 0 Å². The number of hydrogen-bond acceptors (Lipinski definition) is 6. The first-order chi connectivity index (χ1) is 11.5. The summed E-state index contributed by atoms with van der Waals surface area (Å²) in [5, 5.41) is 10.1. The Hall–Kier alpha value is -3.15. The second kappa shape index (κ2) is 6.54. The first-order valence-electron chi connectivity index (χ1n) is 7.40. The number of nitrogens with zero attached hydrogens (tertiary/aromatic N) is 3. The summed E-state index contributed by atoms with van der Waals surface area (Å²) in [6, 6.07) is 12.9. The molecule has 6 heteroatoms. The van der Waals surface area contributed by atoms with Gasteiger partial charge in [-0.1, -0.05) is 29.3 Å². The average Bonchev–Trinajstić information content (AvgIpc) is 2.59. The van der Waals surface area contributed by atoms with E-state index in [1.54, 1.807) is 18.2 Å². The fourth-order valence-corrected chi connectivity index (χ4v) is 2.14. The van der Waals surface area contributed by atoms with Crippen LogP contribution in [0.5, 0.6) is 23.5 Å². The molecule has 0 bridgehead atoms. The van der Waals surface area contributed by atoms with Crippen molar-refractivity contribution in [1.82, 2.24) is 15.0 Å². The first kappa shape index (κ1) is 15.7. The number of aromatic hydroxyl groups is 1. The highest BCUT2D eigenvalue weighted by Crippen LogP contribution is 2.30. The highest BCUT2D eigenvalue weighted by molar-refractivity contribution is 5.64. The van der Waals surface area contributed by atoms with Gasteiger partial charge in [-0.2, -0.15) is 9.97 Å². The van der Waals surface area contributed by atoms with Gasteiger partial charge in [0.15, 0.2) is 5.82 Å². The van der Waals surface area contributed by atoms with Gasteiger partial charge < -0.3 is 14.6 Å². The summed E-state index contributed by atoms with van der Waals surface area (Å²) in [6.07, 6.45) is 0. The molecule has 3 rings (SSSR count). The molecule has 6 nitrogen and oxygen atoms in total. The van der Waals surface area contributed by atoms with Crippen molar-refractivity contribution in [3.8, 4) is 34.9 Å². The second-order valence-electron chi connectivity index (χ2n) is 5.36. The highest BCUT2D eigenvalue weighted by atomic mass is 16.5. The average molecular weight is 323 g/mol. The van der Waals surface area contributed by atoms with Gasteiger partial charge in [0.2, 0.25) is 0 Å². The summed E-state index contributed by atoms with van der Waals surface area (Å²) in [5.41, 5.74) is 2.59. The third kappa shape index (κ3) is 3.43. The van der Waals surface area contributed by atoms with Crippen molar-refractivity contribution >= 4 is 0 Å². The predicted octanol–water partition coefficient (Wildman–Crippen LogP) is 3.66. The van der Waals surface area contributed by atoms with Gasteiger partial charge in [-0.15, -0.1) is 4.98 Å². The molecule has 0 aliphatic carbocycles. The molecule has 0 aliphatic rings. The molecule has 0 fully saturated rings. The highest BCUT2D eigenvalue weighted by Gasteiger charge is 2.14. The minimum absolute atomic E-state index is 0.0788. The molecule has 1 aromatic heterocycles. The predicted molar refractivity (Wildman–Crippen MR) is 89.5 cm³/mol. The van der Waals surface area contributed by atoms with E-state index in [9.17, 15) is 5.11 Å². The summed E-state index contributed by atoms with van der Waals surface area (Å²) in [7, 11) is 1.46. The van der Waals surface area contributed by atoms with Crippen LogP contribution in [0.15, 0.2) is 42.5 Å². The minimum Gasteiger partial charge on any atom is -0.507 e. The largest absolute Gasteiger partial charge is 0.507 e. The van der Waals surface area contributed by atoms with Crippen LogP contribution in [0.3, 0.4) is 0 Å². The lowest BCUT2D eigenvalue weighted by Gasteiger charge is -2.09. The molecule has 1 heterocycles. The molecule has 0 spiro atoms. The Labute approximate surface area is 139 Å². The van der Waals surface area contributed by atoms with Crippen LogP contribution in [0.2, 0.25) is 0 Å². The van der Waals surface area contributed by atoms with Crippen molar-refractivity contribution in [2.45, 2.75) is 13.8 Å². The molecule has 1 N–H and O–H groups in total. The van der Waals surface area contributed by atoms with Crippen molar-refractivity contribution in [3.63, 3.8) is 0 Å². The Bertz CT molecular complexity index is 864. The van der Waals surface area contributed by atoms with Crippen molar-refractivity contribution in [2.75, 3.05) is 7.11 Å². The lowest BCUT2D eigenvalue weighted by molar-refractivity contribution is 0.360. The lowest BCUT2D eigenvalue weighted by Crippen LogP contribution is -2.01. The molecule has 122 valence electrons. The van der Waals surface area contributed by atoms with E-state index < -0.39 is 0 Å². The number of phenols is 1. The second-order valence-corrected chi connectivity index (χ2v) is 5.36. The quantitative estimate of drug-likeness (QED) is 0.789. The number of phenolic OH excluding ortho intramolecular Hbond substituents is 1. The fraction of sp³-hybridized carbons (Fsp3) is 0.167. The van der Waals surface area contributed by atoms with Gasteiger partial charge in [0.25, 0.3) is 0 Å². The van der Waals surface area contributed by atoms with Crippen LogP contribution in [0.1, 0.15) is 11.1 Å². The van der Waals surface area contributed by atoms with Gasteiger partial charge >= 0.3 is 12.0 Å². The summed E-state index contributed by atoms with van der Waals surface area (Å²) < 4.78 is 10.8. The van der Waals surface area contributed by atoms with E-state index in [1.165, 1.54) is 7.11 Å². The van der Waals surface area contributed by atoms with Crippen LogP contribution < -0.4 is 9.47 Å². The maximum absolute atomic E-state index is 10.1. The number of ether oxygens (including phenoxy) is 2. The van der Waals surface area contributed by atoms with E-state index in [0.717, 1.165) is 11.1 Å². The maximum atomic E-state index is 10.1. The molecule has 24 heavy (non-hydrogen) atoms. The Morgan fingerprint density at radius 1 is 0.833 bits per heavy atom. The zero-order valence-corrected chi connectivity index (χ0v) is 13.6. The van der Waals surface area contributed by atoms with E-state index >= 15 is 0 Å². The van der Waals surface area contributed by atoms with E-state index in [1.807, 2.05) is 38.1 Å². The van der Waals surface area contributed by atoms with Crippen molar-refractivity contribution in [3.05, 3.63) is 53.6 Å². The number of rotatable bonds is 4. The van der Waals surface area contributed by atoms with Crippen molar-refractivity contribution in [2.24, 2.45) is 0 Å². The number of aromatic nitrogens is 3. The molecule has 0 amide bonds. The van der Waals surface area contributed by atoms with Gasteiger partial charge in [0.1, 0.15) is 11.5 Å². The molecule has 0 radical (unpaired) electrons. The summed E-state index contributed by atoms with van der Waals surface area (Å²) in [6.45, 7) is 3.92. The third-order valence-electron chi connectivity index (χ3n) is 3.40. The molecule has 0 atom stereocenters. The van der Waals surface area contributed by atoms with Crippen molar-refractivity contribution in [1.29, 1.82) is 0 Å². The van der Waals surface area contributed by atoms with E-state index in [4.69, 9.17) is 9.47 Å². The molecule has 0 unspecified atom stereocenters. The SMILES string of the molecule is COc1nc(Oc2ccc(C)cc2)nc(-c2cc(C)ccc2O)n1. The molecule has 0 aliphatic heterocycles. The van der Waals surface area contributed by atoms with E-state index in [0.29, 0.717) is 11.3 Å². The fourth-order valence-electron chi connectivity index (χ4n) is 2.14. The van der Waals surface area contributed by atoms with Gasteiger partial charge in [-0.25, -0.2) is 0 Å². The van der Waals surface area contributed by atoms with E-state index in [-0.39, 0.29) is 23.6 Å². The van der Waals surface area contributed by atoms with Crippen LogP contribution >= 0.6 is 0 Å². The lowest BCUT2D eigenvalue weighted by atomic mass is 10.1. The van der Waals surface area contributed by atoms with Crippen molar-refractivity contribution < 1.29 is 14.6 Å². The molecular weight excluding hydrogens is 306 g/mol. The van der Waals surface area contributed by atoms with E-state index in [2.05, 4.69) is 15.0 Å². The molecular formula is C18H17N3O3. The monoisotopic (exact) mass is 323 g/mol. The van der Waals surface area contributed by atoms with Gasteiger partial charge in [-0.05, 0) is 38.1 Å². The maximum Gasteiger partial charge on any atom is 0.328 e. The van der Waals surface area contributed by atoms with Crippen LogP contribution in [0.4, 0.5) is 0 Å². The number of benzene rings is 2. The zero-order valence-electron chi connectivity index (χ0n) is 13.6. The van der Waals surface area contributed by atoms with Gasteiger partial charge in [0.05, 0.1) is 12.7 Å². The molecule has 0 saturated carbocycles. The Morgan fingerprint density at radius 3 is 2.21 bits per heavy atom. The third-order valence-corrected chi connectivity index (χ3v) is 3.40. The minimum atomic E-state index is 0.0788. The Balaban J connectivity index is 2.02. The molecule has 2 aromatic carbocycles. The van der Waals surface area contributed by atoms with Crippen LogP contribution in [0, 0.1) is 13.8 Å². The Kier molecular flexibility index (Phi) is 4.29. The smallest absolute Gasteiger partial charge is 0.328 e. The Morgan fingerprint density at radius 2 is 1.50 bits per heavy atom. The standard InChI is InChI=1S/C18H17N3O3/c1-11-4-7-13(8-5-11)24-18-20-16(19-17(21-18)23-3)14-10-12(2)6-9-15(14)22/h4-10,22H,1-3H3. The van der Waals surface area contributed by atoms with Gasteiger partial charge in [-0.3, -0.25) is 0 Å². The number of methoxy groups -OCH3 is 1. The summed E-state index contributed by atoms with van der Waals surface area (Å²) in [4.78, 5) is 12.6. The normalized spacial score (nSPS) is 10.5. The number of hydrogen-bond donors (Lipinski definition) is 1. The van der Waals surface area contributed by atoms with Crippen LogP contribution in [0.25, 0.3) is 11.4 Å². The molecule has 0 saturated heterocycles. The number of aryl methyl sites for hydroxylation is 2. The van der Waals surface area contributed by atoms with Crippen LogP contribution in [-0.4, -0.2) is 27.2 Å². The van der Waals surface area contributed by atoms with Gasteiger partial charge in [0, 0.05) is 0 Å².